The monoisotopic (exact) mass is 518 g/mol. The number of nitro groups is 1. The summed E-state index contributed by atoms with van der Waals surface area (Å²) in [6, 6.07) is 6.73. The van der Waals surface area contributed by atoms with Gasteiger partial charge in [0.05, 0.1) is 18.0 Å². The molecule has 0 amide bonds. The molecule has 2 rings (SSSR count). The van der Waals surface area contributed by atoms with Crippen LogP contribution in [-0.4, -0.2) is 55.0 Å². The third-order valence-electron chi connectivity index (χ3n) is 4.95. The second-order valence-electron chi connectivity index (χ2n) is 6.90. The summed E-state index contributed by atoms with van der Waals surface area (Å²) in [7, 11) is 1.44. The van der Waals surface area contributed by atoms with Crippen LogP contribution in [0.4, 0.5) is 5.69 Å². The summed E-state index contributed by atoms with van der Waals surface area (Å²) in [6.07, 6.45) is 4.39. The van der Waals surface area contributed by atoms with Gasteiger partial charge in [-0.25, -0.2) is 0 Å². The Morgan fingerprint density at radius 1 is 1.28 bits per heavy atom. The van der Waals surface area contributed by atoms with Gasteiger partial charge in [0.15, 0.2) is 5.96 Å². The SMILES string of the molecule is CCNC(=NCCCCc1ccc([N+](=O)[O-])cc1)N1CCC(C(=O)OC)CC1.I. The van der Waals surface area contributed by atoms with E-state index in [2.05, 4.69) is 10.2 Å². The van der Waals surface area contributed by atoms with E-state index in [1.54, 1.807) is 12.1 Å². The average Bonchev–Trinajstić information content (AvgIpc) is 2.72. The molecule has 1 heterocycles. The van der Waals surface area contributed by atoms with E-state index in [4.69, 9.17) is 9.73 Å². The molecule has 29 heavy (non-hydrogen) atoms. The Labute approximate surface area is 189 Å². The van der Waals surface area contributed by atoms with Crippen LogP contribution < -0.4 is 5.32 Å². The van der Waals surface area contributed by atoms with Gasteiger partial charge < -0.3 is 15.0 Å². The van der Waals surface area contributed by atoms with Crippen LogP contribution in [0.1, 0.15) is 38.2 Å². The number of guanidine groups is 1. The van der Waals surface area contributed by atoms with Crippen LogP contribution in [0.3, 0.4) is 0 Å². The lowest BCUT2D eigenvalue weighted by molar-refractivity contribution is -0.384. The fourth-order valence-corrected chi connectivity index (χ4v) is 3.33. The Morgan fingerprint density at radius 3 is 2.48 bits per heavy atom. The first-order valence-corrected chi connectivity index (χ1v) is 9.89. The number of hydrogen-bond acceptors (Lipinski definition) is 5. The molecule has 1 fully saturated rings. The van der Waals surface area contributed by atoms with Crippen LogP contribution in [0.5, 0.6) is 0 Å². The zero-order valence-electron chi connectivity index (χ0n) is 17.1. The van der Waals surface area contributed by atoms with Crippen molar-refractivity contribution < 1.29 is 14.5 Å². The molecule has 0 unspecified atom stereocenters. The van der Waals surface area contributed by atoms with Gasteiger partial charge >= 0.3 is 5.97 Å². The first kappa shape index (κ1) is 25.1. The number of likely N-dealkylation sites (tertiary alicyclic amines) is 1. The molecule has 0 radical (unpaired) electrons. The molecule has 1 aliphatic heterocycles. The first-order chi connectivity index (χ1) is 13.5. The molecule has 1 aliphatic rings. The smallest absolute Gasteiger partial charge is 0.308 e. The van der Waals surface area contributed by atoms with E-state index < -0.39 is 0 Å². The molecule has 9 heteroatoms. The molecule has 0 aromatic heterocycles. The molecule has 1 aromatic carbocycles. The molecule has 0 atom stereocenters. The molecule has 0 bridgehead atoms. The van der Waals surface area contributed by atoms with Crippen LogP contribution in [0.15, 0.2) is 29.3 Å². The minimum Gasteiger partial charge on any atom is -0.469 e. The van der Waals surface area contributed by atoms with E-state index in [1.165, 1.54) is 7.11 Å². The van der Waals surface area contributed by atoms with Gasteiger partial charge in [-0.15, -0.1) is 24.0 Å². The fraction of sp³-hybridized carbons (Fsp3) is 0.600. The van der Waals surface area contributed by atoms with Crippen molar-refractivity contribution in [1.29, 1.82) is 0 Å². The maximum Gasteiger partial charge on any atom is 0.308 e. The van der Waals surface area contributed by atoms with E-state index in [-0.39, 0.29) is 46.5 Å². The molecule has 0 spiro atoms. The maximum atomic E-state index is 11.7. The number of rotatable bonds is 8. The van der Waals surface area contributed by atoms with Crippen molar-refractivity contribution >= 4 is 41.6 Å². The number of ether oxygens (including phenoxy) is 1. The second kappa shape index (κ2) is 13.3. The summed E-state index contributed by atoms with van der Waals surface area (Å²) >= 11 is 0. The average molecular weight is 518 g/mol. The Bertz CT molecular complexity index is 674. The Morgan fingerprint density at radius 2 is 1.93 bits per heavy atom. The van der Waals surface area contributed by atoms with Gasteiger partial charge in [-0.2, -0.15) is 0 Å². The van der Waals surface area contributed by atoms with E-state index in [9.17, 15) is 14.9 Å². The Kier molecular flexibility index (Phi) is 11.6. The number of aryl methyl sites for hydroxylation is 1. The number of aliphatic imine (C=N–C) groups is 1. The van der Waals surface area contributed by atoms with Gasteiger partial charge in [-0.3, -0.25) is 19.9 Å². The number of unbranched alkanes of at least 4 members (excludes halogenated alkanes) is 1. The molecule has 1 N–H and O–H groups in total. The van der Waals surface area contributed by atoms with Crippen molar-refractivity contribution in [3.05, 3.63) is 39.9 Å². The Hall–Kier alpha value is -1.91. The number of carbonyl (C=O) groups excluding carboxylic acids is 1. The van der Waals surface area contributed by atoms with Gasteiger partial charge in [0.25, 0.3) is 5.69 Å². The summed E-state index contributed by atoms with van der Waals surface area (Å²) in [5.41, 5.74) is 1.23. The topological polar surface area (TPSA) is 97.1 Å². The van der Waals surface area contributed by atoms with Crippen LogP contribution in [0, 0.1) is 16.0 Å². The minimum absolute atomic E-state index is 0. The van der Waals surface area contributed by atoms with Gasteiger partial charge in [0.2, 0.25) is 0 Å². The summed E-state index contributed by atoms with van der Waals surface area (Å²) in [6.45, 7) is 5.18. The molecule has 0 saturated carbocycles. The lowest BCUT2D eigenvalue weighted by Gasteiger charge is -2.33. The van der Waals surface area contributed by atoms with E-state index >= 15 is 0 Å². The number of piperidine rings is 1. The lowest BCUT2D eigenvalue weighted by atomic mass is 9.97. The number of benzene rings is 1. The zero-order chi connectivity index (χ0) is 20.4. The Balaban J connectivity index is 0.00000420. The summed E-state index contributed by atoms with van der Waals surface area (Å²) in [4.78, 5) is 28.9. The van der Waals surface area contributed by atoms with Crippen molar-refractivity contribution in [2.75, 3.05) is 33.3 Å². The summed E-state index contributed by atoms with van der Waals surface area (Å²) in [5, 5.41) is 14.0. The highest BCUT2D eigenvalue weighted by Crippen LogP contribution is 2.18. The van der Waals surface area contributed by atoms with E-state index in [0.29, 0.717) is 0 Å². The second-order valence-corrected chi connectivity index (χ2v) is 6.90. The highest BCUT2D eigenvalue weighted by Gasteiger charge is 2.26. The van der Waals surface area contributed by atoms with Crippen molar-refractivity contribution in [3.8, 4) is 0 Å². The van der Waals surface area contributed by atoms with E-state index in [0.717, 1.165) is 69.8 Å². The van der Waals surface area contributed by atoms with Gasteiger partial charge in [0.1, 0.15) is 0 Å². The quantitative estimate of drug-likeness (QED) is 0.108. The molecule has 0 aliphatic carbocycles. The number of esters is 1. The minimum atomic E-state index is -0.380. The molecule has 8 nitrogen and oxygen atoms in total. The van der Waals surface area contributed by atoms with Crippen LogP contribution in [0.25, 0.3) is 0 Å². The largest absolute Gasteiger partial charge is 0.469 e. The highest BCUT2D eigenvalue weighted by atomic mass is 127. The molecule has 1 saturated heterocycles. The molecule has 1 aromatic rings. The number of non-ortho nitro benzene ring substituents is 1. The number of nitrogens with zero attached hydrogens (tertiary/aromatic N) is 3. The third-order valence-corrected chi connectivity index (χ3v) is 4.95. The van der Waals surface area contributed by atoms with Crippen molar-refractivity contribution in [1.82, 2.24) is 10.2 Å². The molecular formula is C20H31IN4O4. The first-order valence-electron chi connectivity index (χ1n) is 9.89. The fourth-order valence-electron chi connectivity index (χ4n) is 3.33. The standard InChI is InChI=1S/C20H30N4O4.HI/c1-3-21-20(23-14-11-17(12-15-23)19(25)28-2)22-13-5-4-6-16-7-9-18(10-8-16)24(26)27;/h7-10,17H,3-6,11-15H2,1-2H3,(H,21,22);1H. The number of nitro benzene ring substituents is 1. The van der Waals surface area contributed by atoms with Crippen LogP contribution >= 0.6 is 24.0 Å². The normalized spacial score (nSPS) is 14.8. The lowest BCUT2D eigenvalue weighted by Crippen LogP contribution is -2.46. The summed E-state index contributed by atoms with van der Waals surface area (Å²) in [5.74, 6) is 0.778. The van der Waals surface area contributed by atoms with Crippen molar-refractivity contribution in [3.63, 3.8) is 0 Å². The maximum absolute atomic E-state index is 11.7. The number of nitrogens with one attached hydrogen (secondary N) is 1. The number of hydrogen-bond donors (Lipinski definition) is 1. The van der Waals surface area contributed by atoms with E-state index in [1.807, 2.05) is 19.1 Å². The number of halogens is 1. The zero-order valence-corrected chi connectivity index (χ0v) is 19.5. The van der Waals surface area contributed by atoms with Crippen molar-refractivity contribution in [2.45, 2.75) is 39.0 Å². The summed E-state index contributed by atoms with van der Waals surface area (Å²) < 4.78 is 4.84. The van der Waals surface area contributed by atoms with Crippen molar-refractivity contribution in [2.24, 2.45) is 10.9 Å². The van der Waals surface area contributed by atoms with Crippen LogP contribution in [0.2, 0.25) is 0 Å². The predicted octanol–water partition coefficient (Wildman–Crippen LogP) is 3.39. The van der Waals surface area contributed by atoms with Gasteiger partial charge in [0, 0.05) is 38.3 Å². The highest BCUT2D eigenvalue weighted by molar-refractivity contribution is 14.0. The van der Waals surface area contributed by atoms with Gasteiger partial charge in [-0.05, 0) is 44.6 Å². The number of methoxy groups -OCH3 is 1. The molecular weight excluding hydrogens is 487 g/mol. The molecule has 162 valence electrons. The third kappa shape index (κ3) is 8.15. The predicted molar refractivity (Wildman–Crippen MR) is 124 cm³/mol. The number of carbonyl (C=O) groups is 1. The van der Waals surface area contributed by atoms with Gasteiger partial charge in [-0.1, -0.05) is 12.1 Å². The van der Waals surface area contributed by atoms with Crippen LogP contribution in [-0.2, 0) is 16.0 Å².